The number of quaternary nitrogens is 1. The number of aliphatic hydroxyl groups is 1. The molecule has 9 heteroatoms. The van der Waals surface area contributed by atoms with Crippen LogP contribution in [0.25, 0.3) is 0 Å². The van der Waals surface area contributed by atoms with E-state index in [1.165, 1.54) is 238 Å². The van der Waals surface area contributed by atoms with Crippen molar-refractivity contribution in [2.24, 2.45) is 0 Å². The molecule has 3 N–H and O–H groups in total. The van der Waals surface area contributed by atoms with Gasteiger partial charge in [-0.3, -0.25) is 13.8 Å². The highest BCUT2D eigenvalue weighted by atomic mass is 31.2. The van der Waals surface area contributed by atoms with Gasteiger partial charge < -0.3 is 19.8 Å². The van der Waals surface area contributed by atoms with Crippen LogP contribution in [0.15, 0.2) is 12.2 Å². The van der Waals surface area contributed by atoms with Gasteiger partial charge in [0.25, 0.3) is 0 Å². The number of phosphoric acid groups is 1. The summed E-state index contributed by atoms with van der Waals surface area (Å²) in [5.74, 6) is -0.139. The molecule has 67 heavy (non-hydrogen) atoms. The van der Waals surface area contributed by atoms with Gasteiger partial charge in [-0.2, -0.15) is 0 Å². The number of amides is 1. The van der Waals surface area contributed by atoms with E-state index in [2.05, 4.69) is 31.3 Å². The van der Waals surface area contributed by atoms with Crippen molar-refractivity contribution in [3.63, 3.8) is 0 Å². The molecule has 1 amide bonds. The zero-order chi connectivity index (χ0) is 49.2. The molecule has 8 nitrogen and oxygen atoms in total. The van der Waals surface area contributed by atoms with Crippen LogP contribution >= 0.6 is 7.82 Å². The number of unbranched alkanes of at least 4 members (excludes halogenated alkanes) is 40. The summed E-state index contributed by atoms with van der Waals surface area (Å²) in [6.45, 7) is 4.93. The first-order valence-electron chi connectivity index (χ1n) is 29.6. The van der Waals surface area contributed by atoms with Gasteiger partial charge in [0.15, 0.2) is 0 Å². The Bertz CT molecular complexity index is 1100. The average Bonchev–Trinajstić information content (AvgIpc) is 3.29. The minimum Gasteiger partial charge on any atom is -0.391 e. The number of aliphatic hydroxyl groups excluding tert-OH is 1. The molecule has 3 unspecified atom stereocenters. The molecule has 0 aliphatic rings. The molecule has 0 saturated carbocycles. The van der Waals surface area contributed by atoms with E-state index in [1.807, 2.05) is 21.1 Å². The Kier molecular flexibility index (Phi) is 49.6. The number of allylic oxidation sites excluding steroid dienone is 2. The van der Waals surface area contributed by atoms with Crippen LogP contribution in [0.1, 0.15) is 303 Å². The van der Waals surface area contributed by atoms with E-state index in [9.17, 15) is 19.4 Å². The van der Waals surface area contributed by atoms with Gasteiger partial charge >= 0.3 is 7.82 Å². The van der Waals surface area contributed by atoms with E-state index in [-0.39, 0.29) is 19.1 Å². The summed E-state index contributed by atoms with van der Waals surface area (Å²) in [5.41, 5.74) is 0. The Labute approximate surface area is 418 Å². The predicted octanol–water partition coefficient (Wildman–Crippen LogP) is 17.8. The second-order valence-electron chi connectivity index (χ2n) is 21.7. The number of carbonyl (C=O) groups excluding carboxylic acids is 1. The fourth-order valence-corrected chi connectivity index (χ4v) is 9.84. The SMILES string of the molecule is CCCCCCCCCCCCCC/C=C\CCCCCCCCCCCCCCCCC(=O)NC(COP(=O)(O)OCC[N+](C)(C)C)C(O)CCCCCCCCCCCCCCCCC. The van der Waals surface area contributed by atoms with Gasteiger partial charge in [-0.15, -0.1) is 0 Å². The molecule has 0 bridgehead atoms. The lowest BCUT2D eigenvalue weighted by molar-refractivity contribution is -0.870. The van der Waals surface area contributed by atoms with Gasteiger partial charge in [0, 0.05) is 6.42 Å². The quantitative estimate of drug-likeness (QED) is 0.0243. The van der Waals surface area contributed by atoms with Crippen LogP contribution in [0.2, 0.25) is 0 Å². The lowest BCUT2D eigenvalue weighted by atomic mass is 10.0. The maximum absolute atomic E-state index is 13.0. The number of hydrogen-bond acceptors (Lipinski definition) is 5. The summed E-state index contributed by atoms with van der Waals surface area (Å²) >= 11 is 0. The van der Waals surface area contributed by atoms with Gasteiger partial charge in [-0.25, -0.2) is 4.57 Å². The molecule has 0 aromatic carbocycles. The molecule has 0 rings (SSSR count). The molecule has 0 heterocycles. The number of likely N-dealkylation sites (N-methyl/N-ethyl adjacent to an activating group) is 1. The molecule has 0 aromatic rings. The Hall–Kier alpha value is -0.760. The largest absolute Gasteiger partial charge is 0.472 e. The van der Waals surface area contributed by atoms with Crippen LogP contribution in [0, 0.1) is 0 Å². The van der Waals surface area contributed by atoms with Crippen LogP contribution in [0.5, 0.6) is 0 Å². The summed E-state index contributed by atoms with van der Waals surface area (Å²) in [6.07, 6.45) is 61.3. The fourth-order valence-electron chi connectivity index (χ4n) is 9.10. The van der Waals surface area contributed by atoms with E-state index in [1.54, 1.807) is 0 Å². The average molecular weight is 971 g/mol. The van der Waals surface area contributed by atoms with Crippen molar-refractivity contribution < 1.29 is 32.9 Å². The third-order valence-electron chi connectivity index (χ3n) is 13.8. The maximum Gasteiger partial charge on any atom is 0.472 e. The van der Waals surface area contributed by atoms with Gasteiger partial charge in [0.1, 0.15) is 13.2 Å². The van der Waals surface area contributed by atoms with Gasteiger partial charge in [-0.05, 0) is 38.5 Å². The zero-order valence-electron chi connectivity index (χ0n) is 45.7. The van der Waals surface area contributed by atoms with Crippen LogP contribution in [0.4, 0.5) is 0 Å². The highest BCUT2D eigenvalue weighted by Gasteiger charge is 2.28. The van der Waals surface area contributed by atoms with Gasteiger partial charge in [0.05, 0.1) is 39.9 Å². The first kappa shape index (κ1) is 66.2. The first-order chi connectivity index (χ1) is 32.5. The Morgan fingerprint density at radius 3 is 1.15 bits per heavy atom. The van der Waals surface area contributed by atoms with Crippen LogP contribution in [0.3, 0.4) is 0 Å². The van der Waals surface area contributed by atoms with Crippen molar-refractivity contribution in [2.45, 2.75) is 315 Å². The Morgan fingerprint density at radius 1 is 0.493 bits per heavy atom. The topological polar surface area (TPSA) is 105 Å². The van der Waals surface area contributed by atoms with Crippen molar-refractivity contribution in [1.29, 1.82) is 0 Å². The fraction of sp³-hybridized carbons (Fsp3) is 0.948. The molecule has 0 spiro atoms. The summed E-state index contributed by atoms with van der Waals surface area (Å²) < 4.78 is 23.8. The van der Waals surface area contributed by atoms with Crippen LogP contribution in [-0.2, 0) is 18.4 Å². The third kappa shape index (κ3) is 52.9. The van der Waals surface area contributed by atoms with E-state index in [0.29, 0.717) is 23.9 Å². The summed E-state index contributed by atoms with van der Waals surface area (Å²) in [6, 6.07) is -0.757. The molecule has 0 aliphatic heterocycles. The van der Waals surface area contributed by atoms with Gasteiger partial charge in [0.2, 0.25) is 5.91 Å². The number of rotatable bonds is 55. The van der Waals surface area contributed by atoms with E-state index in [0.717, 1.165) is 38.5 Å². The Balaban J connectivity index is 4.02. The van der Waals surface area contributed by atoms with Crippen LogP contribution in [-0.4, -0.2) is 73.4 Å². The molecule has 0 saturated heterocycles. The monoisotopic (exact) mass is 970 g/mol. The van der Waals surface area contributed by atoms with E-state index >= 15 is 0 Å². The minimum atomic E-state index is -4.32. The second-order valence-corrected chi connectivity index (χ2v) is 23.2. The third-order valence-corrected chi connectivity index (χ3v) is 14.7. The molecule has 400 valence electrons. The first-order valence-corrected chi connectivity index (χ1v) is 31.0. The van der Waals surface area contributed by atoms with Crippen molar-refractivity contribution in [3.8, 4) is 0 Å². The normalized spacial score (nSPS) is 14.0. The van der Waals surface area contributed by atoms with Gasteiger partial charge in [-0.1, -0.05) is 270 Å². The minimum absolute atomic E-state index is 0.0775. The predicted molar refractivity (Wildman–Crippen MR) is 291 cm³/mol. The molecule has 0 aliphatic carbocycles. The maximum atomic E-state index is 13.0. The molecular weight excluding hydrogens is 852 g/mol. The van der Waals surface area contributed by atoms with E-state index < -0.39 is 20.0 Å². The molecule has 3 atom stereocenters. The highest BCUT2D eigenvalue weighted by Crippen LogP contribution is 2.43. The summed E-state index contributed by atoms with van der Waals surface area (Å²) in [4.78, 5) is 23.3. The zero-order valence-corrected chi connectivity index (χ0v) is 46.6. The molecule has 0 radical (unpaired) electrons. The standard InChI is InChI=1S/C58H117N2O6P/c1-6-8-10-12-14-16-18-20-22-23-24-25-26-27-28-29-30-31-32-33-34-35-36-38-40-42-44-46-48-50-52-58(62)59-56(55-66-67(63,64)65-54-53-60(3,4)5)57(61)51-49-47-45-43-41-39-37-21-19-17-15-13-11-9-7-2/h27-28,56-57,61H,6-26,29-55H2,1-5H3,(H-,59,62,63,64)/p+1/b28-27-. The number of nitrogens with one attached hydrogen (secondary N) is 1. The van der Waals surface area contributed by atoms with Crippen molar-refractivity contribution >= 4 is 13.7 Å². The highest BCUT2D eigenvalue weighted by molar-refractivity contribution is 7.47. The summed E-state index contributed by atoms with van der Waals surface area (Å²) in [7, 11) is 1.63. The number of hydrogen-bond donors (Lipinski definition) is 3. The number of nitrogens with zero attached hydrogens (tertiary/aromatic N) is 1. The van der Waals surface area contributed by atoms with Crippen LogP contribution < -0.4 is 5.32 Å². The second kappa shape index (κ2) is 50.2. The van der Waals surface area contributed by atoms with E-state index in [4.69, 9.17) is 9.05 Å². The van der Waals surface area contributed by atoms with Crippen molar-refractivity contribution in [1.82, 2.24) is 5.32 Å². The molecule has 0 aromatic heterocycles. The number of phosphoric ester groups is 1. The molecular formula is C58H118N2O6P+. The lowest BCUT2D eigenvalue weighted by Crippen LogP contribution is -2.46. The Morgan fingerprint density at radius 2 is 0.806 bits per heavy atom. The van der Waals surface area contributed by atoms with Crippen molar-refractivity contribution in [2.75, 3.05) is 40.9 Å². The lowest BCUT2D eigenvalue weighted by Gasteiger charge is -2.26. The molecule has 0 fully saturated rings. The van der Waals surface area contributed by atoms with Crippen molar-refractivity contribution in [3.05, 3.63) is 12.2 Å². The number of carbonyl (C=O) groups is 1. The summed E-state index contributed by atoms with van der Waals surface area (Å²) in [5, 5.41) is 14.1. The smallest absolute Gasteiger partial charge is 0.391 e.